The molecule has 1 aromatic carbocycles. The van der Waals surface area contributed by atoms with Crippen LogP contribution in [0.4, 0.5) is 5.69 Å². The lowest BCUT2D eigenvalue weighted by Gasteiger charge is -2.18. The van der Waals surface area contributed by atoms with Gasteiger partial charge in [0.1, 0.15) is 0 Å². The molecule has 1 aromatic heterocycles. The van der Waals surface area contributed by atoms with Crippen molar-refractivity contribution >= 4 is 35.1 Å². The van der Waals surface area contributed by atoms with E-state index in [9.17, 15) is 4.79 Å². The minimum absolute atomic E-state index is 0.119. The van der Waals surface area contributed by atoms with Crippen molar-refractivity contribution in [2.45, 2.75) is 12.3 Å². The van der Waals surface area contributed by atoms with Gasteiger partial charge >= 0.3 is 0 Å². The van der Waals surface area contributed by atoms with Crippen LogP contribution in [0.1, 0.15) is 28.3 Å². The minimum Gasteiger partial charge on any atom is -0.481 e. The van der Waals surface area contributed by atoms with Gasteiger partial charge in [-0.1, -0.05) is 29.8 Å². The van der Waals surface area contributed by atoms with Crippen molar-refractivity contribution in [2.24, 2.45) is 5.14 Å². The van der Waals surface area contributed by atoms with Crippen molar-refractivity contribution < 1.29 is 9.53 Å². The molecule has 0 spiro atoms. The molecule has 26 heavy (non-hydrogen) atoms. The van der Waals surface area contributed by atoms with Gasteiger partial charge in [0, 0.05) is 27.5 Å². The zero-order chi connectivity index (χ0) is 18.5. The summed E-state index contributed by atoms with van der Waals surface area (Å²) in [5.74, 6) is 0.390. The van der Waals surface area contributed by atoms with Crippen molar-refractivity contribution in [1.82, 2.24) is 4.98 Å². The maximum atomic E-state index is 12.6. The van der Waals surface area contributed by atoms with Gasteiger partial charge in [0.2, 0.25) is 5.88 Å². The number of carbonyl (C=O) groups excluding carboxylic acids is 1. The molecule has 0 bridgehead atoms. The van der Waals surface area contributed by atoms with E-state index in [0.29, 0.717) is 22.2 Å². The smallest absolute Gasteiger partial charge is 0.255 e. The summed E-state index contributed by atoms with van der Waals surface area (Å²) in [5, 5.41) is 9.04. The van der Waals surface area contributed by atoms with E-state index < -0.39 is 0 Å². The second kappa shape index (κ2) is 8.40. The molecule has 3 N–H and O–H groups in total. The maximum Gasteiger partial charge on any atom is 0.255 e. The Morgan fingerprint density at radius 1 is 1.38 bits per heavy atom. The molecule has 0 fully saturated rings. The topological polar surface area (TPSA) is 77.2 Å². The summed E-state index contributed by atoms with van der Waals surface area (Å²) in [6, 6.07) is 8.72. The van der Waals surface area contributed by atoms with Crippen molar-refractivity contribution in [1.29, 1.82) is 0 Å². The number of nitrogens with one attached hydrogen (secondary N) is 1. The molecule has 2 aromatic rings. The van der Waals surface area contributed by atoms with E-state index in [1.54, 1.807) is 37.6 Å². The number of rotatable bonds is 5. The third kappa shape index (κ3) is 4.27. The molecule has 1 aliphatic rings. The Bertz CT molecular complexity index is 866. The molecule has 3 rings (SSSR count). The number of carbonyl (C=O) groups is 1. The first-order valence-corrected chi connectivity index (χ1v) is 9.22. The molecule has 1 heterocycles. The number of ether oxygens (including phenoxy) is 1. The molecule has 1 aliphatic carbocycles. The fraction of sp³-hybridized carbons (Fsp3) is 0.158. The van der Waals surface area contributed by atoms with Crippen LogP contribution in [0, 0.1) is 0 Å². The third-order valence-electron chi connectivity index (χ3n) is 4.06. The summed E-state index contributed by atoms with van der Waals surface area (Å²) in [4.78, 5) is 17.7. The van der Waals surface area contributed by atoms with E-state index in [-0.39, 0.29) is 11.8 Å². The van der Waals surface area contributed by atoms with Gasteiger partial charge in [-0.2, -0.15) is 0 Å². The van der Waals surface area contributed by atoms with Crippen LogP contribution in [-0.4, -0.2) is 18.0 Å². The van der Waals surface area contributed by atoms with Crippen LogP contribution in [0.2, 0.25) is 5.02 Å². The summed E-state index contributed by atoms with van der Waals surface area (Å²) in [5.41, 5.74) is 2.05. The predicted octanol–water partition coefficient (Wildman–Crippen LogP) is 4.53. The number of pyridine rings is 1. The lowest BCUT2D eigenvalue weighted by molar-refractivity contribution is 0.102. The Hall–Kier alpha value is -2.28. The van der Waals surface area contributed by atoms with Crippen molar-refractivity contribution in [3.8, 4) is 5.88 Å². The van der Waals surface area contributed by atoms with Crippen molar-refractivity contribution in [2.75, 3.05) is 12.4 Å². The fourth-order valence-electron chi connectivity index (χ4n) is 2.67. The quantitative estimate of drug-likeness (QED) is 0.737. The van der Waals surface area contributed by atoms with Gasteiger partial charge in [0.15, 0.2) is 0 Å². The van der Waals surface area contributed by atoms with E-state index >= 15 is 0 Å². The molecule has 0 saturated heterocycles. The zero-order valence-electron chi connectivity index (χ0n) is 14.1. The van der Waals surface area contributed by atoms with E-state index in [2.05, 4.69) is 22.5 Å². The number of amides is 1. The first-order chi connectivity index (χ1) is 12.6. The van der Waals surface area contributed by atoms with Gasteiger partial charge in [-0.3, -0.25) is 9.93 Å². The number of aromatic nitrogens is 1. The zero-order valence-corrected chi connectivity index (χ0v) is 15.7. The van der Waals surface area contributed by atoms with Gasteiger partial charge in [-0.25, -0.2) is 4.98 Å². The highest BCUT2D eigenvalue weighted by atomic mass is 35.5. The lowest BCUT2D eigenvalue weighted by Crippen LogP contribution is -2.13. The average molecular weight is 388 g/mol. The fourth-order valence-corrected chi connectivity index (χ4v) is 3.27. The second-order valence-electron chi connectivity index (χ2n) is 5.71. The van der Waals surface area contributed by atoms with Gasteiger partial charge in [-0.05, 0) is 48.2 Å². The highest BCUT2D eigenvalue weighted by Crippen LogP contribution is 2.34. The molecule has 0 saturated carbocycles. The van der Waals surface area contributed by atoms with Gasteiger partial charge in [0.25, 0.3) is 5.91 Å². The molecule has 1 unspecified atom stereocenters. The molecule has 134 valence electrons. The number of methoxy groups -OCH3 is 1. The van der Waals surface area contributed by atoms with Crippen LogP contribution in [0.15, 0.2) is 59.7 Å². The number of hydrogen-bond donors (Lipinski definition) is 2. The summed E-state index contributed by atoms with van der Waals surface area (Å²) in [6.45, 7) is 0. The van der Waals surface area contributed by atoms with Gasteiger partial charge in [-0.15, -0.1) is 0 Å². The predicted molar refractivity (Wildman–Crippen MR) is 107 cm³/mol. The number of hydrogen-bond acceptors (Lipinski definition) is 5. The molecule has 1 atom stereocenters. The van der Waals surface area contributed by atoms with Crippen LogP contribution >= 0.6 is 23.5 Å². The van der Waals surface area contributed by atoms with Crippen LogP contribution < -0.4 is 15.2 Å². The van der Waals surface area contributed by atoms with Crippen LogP contribution in [0.25, 0.3) is 0 Å². The summed E-state index contributed by atoms with van der Waals surface area (Å²) < 4.78 is 5.01. The number of anilines is 1. The van der Waals surface area contributed by atoms with E-state index in [0.717, 1.165) is 16.9 Å². The first-order valence-electron chi connectivity index (χ1n) is 7.96. The normalized spacial score (nSPS) is 16.1. The Labute approximate surface area is 161 Å². The van der Waals surface area contributed by atoms with E-state index in [4.69, 9.17) is 21.5 Å². The molecule has 5 nitrogen and oxygen atoms in total. The SMILES string of the molecule is COc1ccc(NC(=O)c2ccc(Cl)c(C3C=CC(SN)=CC3)c2)cn1. The summed E-state index contributed by atoms with van der Waals surface area (Å²) >= 11 is 7.58. The molecular formula is C19H18ClN3O2S. The number of nitrogens with zero attached hydrogens (tertiary/aromatic N) is 1. The van der Waals surface area contributed by atoms with Crippen LogP contribution in [-0.2, 0) is 0 Å². The van der Waals surface area contributed by atoms with Gasteiger partial charge < -0.3 is 10.1 Å². The summed E-state index contributed by atoms with van der Waals surface area (Å²) in [7, 11) is 1.54. The first kappa shape index (κ1) is 18.5. The van der Waals surface area contributed by atoms with E-state index in [1.807, 2.05) is 12.1 Å². The number of halogens is 1. The van der Waals surface area contributed by atoms with Gasteiger partial charge in [0.05, 0.1) is 19.0 Å². The Morgan fingerprint density at radius 2 is 2.23 bits per heavy atom. The molecule has 7 heteroatoms. The molecular weight excluding hydrogens is 370 g/mol. The summed E-state index contributed by atoms with van der Waals surface area (Å²) in [6.07, 6.45) is 8.45. The highest BCUT2D eigenvalue weighted by molar-refractivity contribution is 8.01. The Kier molecular flexibility index (Phi) is 5.98. The van der Waals surface area contributed by atoms with E-state index in [1.165, 1.54) is 11.9 Å². The van der Waals surface area contributed by atoms with Crippen molar-refractivity contribution in [3.63, 3.8) is 0 Å². The lowest BCUT2D eigenvalue weighted by atomic mass is 9.91. The number of nitrogens with two attached hydrogens (primary N) is 1. The third-order valence-corrected chi connectivity index (χ3v) is 4.98. The standard InChI is InChI=1S/C19H18ClN3O2S/c1-25-18-9-5-14(11-22-18)23-19(24)13-4-8-17(20)16(10-13)12-2-6-15(26-21)7-3-12/h2,4-12H,3,21H2,1H3,(H,23,24). The average Bonchev–Trinajstić information content (AvgIpc) is 2.69. The second-order valence-corrected chi connectivity index (χ2v) is 6.82. The van der Waals surface area contributed by atoms with Crippen LogP contribution in [0.3, 0.4) is 0 Å². The number of benzene rings is 1. The highest BCUT2D eigenvalue weighted by Gasteiger charge is 2.17. The van der Waals surface area contributed by atoms with Crippen LogP contribution in [0.5, 0.6) is 5.88 Å². The molecule has 0 radical (unpaired) electrons. The molecule has 1 amide bonds. The van der Waals surface area contributed by atoms with Crippen molar-refractivity contribution in [3.05, 3.63) is 75.8 Å². The number of allylic oxidation sites excluding steroid dienone is 3. The molecule has 0 aliphatic heterocycles. The monoisotopic (exact) mass is 387 g/mol. The Balaban J connectivity index is 1.77. The maximum absolute atomic E-state index is 12.6. The largest absolute Gasteiger partial charge is 0.481 e. The minimum atomic E-state index is -0.219. The Morgan fingerprint density at radius 3 is 2.85 bits per heavy atom.